The number of pyridine rings is 1. The lowest BCUT2D eigenvalue weighted by Crippen LogP contribution is -2.54. The van der Waals surface area contributed by atoms with E-state index in [1.54, 1.807) is 0 Å². The van der Waals surface area contributed by atoms with Gasteiger partial charge in [-0.05, 0) is 38.1 Å². The zero-order valence-corrected chi connectivity index (χ0v) is 14.7. The van der Waals surface area contributed by atoms with E-state index in [4.69, 9.17) is 0 Å². The minimum atomic E-state index is -5.04. The topological polar surface area (TPSA) is 63.7 Å². The van der Waals surface area contributed by atoms with Crippen LogP contribution in [0.2, 0.25) is 0 Å². The summed E-state index contributed by atoms with van der Waals surface area (Å²) in [5.41, 5.74) is 0. The van der Waals surface area contributed by atoms with Crippen molar-refractivity contribution in [1.82, 2.24) is 15.2 Å². The van der Waals surface area contributed by atoms with Crippen LogP contribution in [0.3, 0.4) is 0 Å². The molecule has 0 aromatic carbocycles. The average Bonchev–Trinajstić information content (AvgIpc) is 2.55. The molecule has 2 rings (SSSR count). The van der Waals surface area contributed by atoms with E-state index >= 15 is 0 Å². The molecule has 152 valence electrons. The van der Waals surface area contributed by atoms with Gasteiger partial charge in [0.25, 0.3) is 11.8 Å². The van der Waals surface area contributed by atoms with Gasteiger partial charge in [0.15, 0.2) is 12.4 Å². The van der Waals surface area contributed by atoms with Crippen LogP contribution in [0.1, 0.15) is 13.3 Å². The number of hydrogen-bond acceptors (Lipinski definition) is 5. The van der Waals surface area contributed by atoms with Crippen molar-refractivity contribution in [3.05, 3.63) is 18.3 Å². The van der Waals surface area contributed by atoms with E-state index in [1.807, 2.05) is 18.9 Å². The van der Waals surface area contributed by atoms with E-state index < -0.39 is 42.5 Å². The van der Waals surface area contributed by atoms with Crippen molar-refractivity contribution < 1.29 is 36.2 Å². The zero-order chi connectivity index (χ0) is 20.2. The predicted molar refractivity (Wildman–Crippen MR) is 84.6 cm³/mol. The Labute approximate surface area is 152 Å². The van der Waals surface area contributed by atoms with Crippen molar-refractivity contribution in [1.29, 1.82) is 0 Å². The number of ether oxygens (including phenoxy) is 2. The van der Waals surface area contributed by atoms with Crippen LogP contribution in [-0.4, -0.2) is 60.9 Å². The summed E-state index contributed by atoms with van der Waals surface area (Å²) in [4.78, 5) is 17.4. The number of rotatable bonds is 6. The second kappa shape index (κ2) is 8.24. The molecule has 27 heavy (non-hydrogen) atoms. The van der Waals surface area contributed by atoms with Gasteiger partial charge in [-0.3, -0.25) is 4.79 Å². The molecule has 11 heteroatoms. The third-order valence-electron chi connectivity index (χ3n) is 4.11. The number of carbonyl (C=O) groups is 1. The Balaban J connectivity index is 1.97. The number of piperidine rings is 1. The Morgan fingerprint density at radius 1 is 1.37 bits per heavy atom. The number of carbonyl (C=O) groups excluding carboxylic acids is 1. The van der Waals surface area contributed by atoms with Crippen LogP contribution in [0.15, 0.2) is 18.3 Å². The van der Waals surface area contributed by atoms with E-state index in [-0.39, 0.29) is 5.92 Å². The number of alkyl halides is 5. The molecule has 6 nitrogen and oxygen atoms in total. The summed E-state index contributed by atoms with van der Waals surface area (Å²) in [6.07, 6.45) is -3.47. The molecule has 1 aliphatic heterocycles. The Morgan fingerprint density at radius 2 is 2.07 bits per heavy atom. The van der Waals surface area contributed by atoms with Crippen molar-refractivity contribution in [2.75, 3.05) is 26.7 Å². The quantitative estimate of drug-likeness (QED) is 0.748. The van der Waals surface area contributed by atoms with Gasteiger partial charge in [-0.1, -0.05) is 6.92 Å². The average molecular weight is 397 g/mol. The Morgan fingerprint density at radius 3 is 2.70 bits per heavy atom. The first-order chi connectivity index (χ1) is 12.5. The fourth-order valence-electron chi connectivity index (χ4n) is 2.75. The molecule has 1 aromatic heterocycles. The first-order valence-electron chi connectivity index (χ1n) is 8.19. The lowest BCUT2D eigenvalue weighted by Gasteiger charge is -2.35. The van der Waals surface area contributed by atoms with E-state index in [9.17, 15) is 26.7 Å². The molecule has 2 atom stereocenters. The summed E-state index contributed by atoms with van der Waals surface area (Å²) in [6, 6.07) is 1.58. The van der Waals surface area contributed by atoms with Crippen molar-refractivity contribution in [2.45, 2.75) is 31.7 Å². The van der Waals surface area contributed by atoms with Crippen LogP contribution >= 0.6 is 0 Å². The lowest BCUT2D eigenvalue weighted by atomic mass is 9.94. The number of aromatic nitrogens is 1. The molecule has 0 unspecified atom stereocenters. The standard InChI is InChI=1S/C16H20F5N3O3/c1-10-8-24(2)7-5-11(10)23-14(25)15(17,18)9-26-13-12(4-3-6-22-13)27-16(19,20)21/h3-4,6,10-11H,5,7-9H2,1-2H3,(H,23,25)/t10-,11-/m1/s1. The minimum absolute atomic E-state index is 0.0213. The molecular weight excluding hydrogens is 377 g/mol. The molecule has 1 amide bonds. The van der Waals surface area contributed by atoms with Gasteiger partial charge in [0.2, 0.25) is 0 Å². The van der Waals surface area contributed by atoms with E-state index in [2.05, 4.69) is 19.8 Å². The van der Waals surface area contributed by atoms with Crippen LogP contribution in [0, 0.1) is 5.92 Å². The maximum Gasteiger partial charge on any atom is 0.573 e. The molecular formula is C16H20F5N3O3. The summed E-state index contributed by atoms with van der Waals surface area (Å²) >= 11 is 0. The number of hydrogen-bond donors (Lipinski definition) is 1. The normalized spacial score (nSPS) is 21.6. The van der Waals surface area contributed by atoms with Gasteiger partial charge < -0.3 is 19.7 Å². The Bertz CT molecular complexity index is 656. The molecule has 0 spiro atoms. The highest BCUT2D eigenvalue weighted by Crippen LogP contribution is 2.31. The van der Waals surface area contributed by atoms with Crippen LogP contribution < -0.4 is 14.8 Å². The Kier molecular flexibility index (Phi) is 6.45. The predicted octanol–water partition coefficient (Wildman–Crippen LogP) is 2.45. The summed E-state index contributed by atoms with van der Waals surface area (Å²) in [5.74, 6) is -7.17. The molecule has 0 aliphatic carbocycles. The second-order valence-corrected chi connectivity index (χ2v) is 6.46. The molecule has 1 saturated heterocycles. The van der Waals surface area contributed by atoms with Crippen molar-refractivity contribution in [3.63, 3.8) is 0 Å². The number of halogens is 5. The number of nitrogens with one attached hydrogen (secondary N) is 1. The summed E-state index contributed by atoms with van der Waals surface area (Å²) in [7, 11) is 1.89. The third-order valence-corrected chi connectivity index (χ3v) is 4.11. The van der Waals surface area contributed by atoms with E-state index in [0.29, 0.717) is 19.5 Å². The summed E-state index contributed by atoms with van der Waals surface area (Å²) in [5, 5.41) is 2.29. The maximum absolute atomic E-state index is 14.1. The SMILES string of the molecule is C[C@@H]1CN(C)CC[C@H]1NC(=O)C(F)(F)COc1ncccc1OC(F)(F)F. The number of amides is 1. The van der Waals surface area contributed by atoms with Gasteiger partial charge in [-0.15, -0.1) is 13.2 Å². The third kappa shape index (κ3) is 6.19. The molecule has 0 saturated carbocycles. The number of nitrogens with zero attached hydrogens (tertiary/aromatic N) is 2. The van der Waals surface area contributed by atoms with Crippen LogP contribution in [-0.2, 0) is 4.79 Å². The van der Waals surface area contributed by atoms with Gasteiger partial charge in [0, 0.05) is 18.8 Å². The summed E-state index contributed by atoms with van der Waals surface area (Å²) in [6.45, 7) is 1.68. The van der Waals surface area contributed by atoms with Gasteiger partial charge in [-0.25, -0.2) is 4.98 Å². The molecule has 0 radical (unpaired) electrons. The van der Waals surface area contributed by atoms with Crippen LogP contribution in [0.4, 0.5) is 22.0 Å². The van der Waals surface area contributed by atoms with Gasteiger partial charge in [0.1, 0.15) is 0 Å². The molecule has 1 aromatic rings. The van der Waals surface area contributed by atoms with Crippen LogP contribution in [0.5, 0.6) is 11.6 Å². The smallest absolute Gasteiger partial charge is 0.468 e. The molecule has 1 aliphatic rings. The fourth-order valence-corrected chi connectivity index (χ4v) is 2.75. The monoisotopic (exact) mass is 397 g/mol. The summed E-state index contributed by atoms with van der Waals surface area (Å²) < 4.78 is 73.5. The minimum Gasteiger partial charge on any atom is -0.468 e. The van der Waals surface area contributed by atoms with Crippen molar-refractivity contribution >= 4 is 5.91 Å². The fraction of sp³-hybridized carbons (Fsp3) is 0.625. The highest BCUT2D eigenvalue weighted by Gasteiger charge is 2.42. The molecule has 1 fully saturated rings. The number of likely N-dealkylation sites (tertiary alicyclic amines) is 1. The van der Waals surface area contributed by atoms with Gasteiger partial charge >= 0.3 is 12.3 Å². The van der Waals surface area contributed by atoms with Crippen molar-refractivity contribution in [3.8, 4) is 11.6 Å². The Hall–Kier alpha value is -2.17. The lowest BCUT2D eigenvalue weighted by molar-refractivity contribution is -0.275. The van der Waals surface area contributed by atoms with E-state index in [1.165, 1.54) is 0 Å². The molecule has 1 N–H and O–H groups in total. The maximum atomic E-state index is 14.1. The first kappa shape index (κ1) is 21.1. The van der Waals surface area contributed by atoms with Crippen LogP contribution in [0.25, 0.3) is 0 Å². The molecule has 0 bridgehead atoms. The zero-order valence-electron chi connectivity index (χ0n) is 14.7. The van der Waals surface area contributed by atoms with Gasteiger partial charge in [0.05, 0.1) is 0 Å². The molecule has 2 heterocycles. The highest BCUT2D eigenvalue weighted by molar-refractivity contribution is 5.83. The first-order valence-corrected chi connectivity index (χ1v) is 8.19. The van der Waals surface area contributed by atoms with Gasteiger partial charge in [-0.2, -0.15) is 8.78 Å². The highest BCUT2D eigenvalue weighted by atomic mass is 19.4. The largest absolute Gasteiger partial charge is 0.573 e. The van der Waals surface area contributed by atoms with E-state index in [0.717, 1.165) is 18.3 Å². The second-order valence-electron chi connectivity index (χ2n) is 6.46. The van der Waals surface area contributed by atoms with Crippen molar-refractivity contribution in [2.24, 2.45) is 5.92 Å².